The van der Waals surface area contributed by atoms with Gasteiger partial charge in [-0.2, -0.15) is 0 Å². The molecule has 0 bridgehead atoms. The molecule has 0 aliphatic carbocycles. The molecule has 3 unspecified atom stereocenters. The minimum absolute atomic E-state index is 0.188. The lowest BCUT2D eigenvalue weighted by Gasteiger charge is -2.38. The number of aliphatic hydroxyl groups excluding tert-OH is 1. The van der Waals surface area contributed by atoms with Crippen LogP contribution in [0.4, 0.5) is 11.8 Å². The van der Waals surface area contributed by atoms with Gasteiger partial charge in [0.2, 0.25) is 5.95 Å². The molecule has 1 aliphatic heterocycles. The van der Waals surface area contributed by atoms with E-state index in [0.717, 1.165) is 0 Å². The van der Waals surface area contributed by atoms with Crippen molar-refractivity contribution in [3.8, 4) is 11.8 Å². The molecule has 9 heteroatoms. The first-order valence-electron chi connectivity index (χ1n) is 8.57. The van der Waals surface area contributed by atoms with Gasteiger partial charge in [-0.05, 0) is 26.0 Å². The molecule has 0 saturated carbocycles. The highest BCUT2D eigenvalue weighted by Crippen LogP contribution is 2.21. The van der Waals surface area contributed by atoms with Gasteiger partial charge < -0.3 is 15.7 Å². The first-order valence-corrected chi connectivity index (χ1v) is 9.67. The zero-order chi connectivity index (χ0) is 19.4. The highest BCUT2D eigenvalue weighted by Gasteiger charge is 2.31. The average molecular weight is 386 g/mol. The number of hydrogen-bond acceptors (Lipinski definition) is 7. The van der Waals surface area contributed by atoms with Gasteiger partial charge in [-0.15, -0.1) is 5.92 Å². The van der Waals surface area contributed by atoms with Crippen molar-refractivity contribution in [1.29, 1.82) is 0 Å². The van der Waals surface area contributed by atoms with Gasteiger partial charge >= 0.3 is 0 Å². The topological polar surface area (TPSA) is 108 Å². The Morgan fingerprint density at radius 3 is 2.59 bits per heavy atom. The molecule has 1 saturated heterocycles. The summed E-state index contributed by atoms with van der Waals surface area (Å²) in [6.45, 7) is 5.08. The number of aliphatic hydroxyl groups is 1. The Balaban J connectivity index is 1.77. The molecule has 0 radical (unpaired) electrons. The predicted octanol–water partition coefficient (Wildman–Crippen LogP) is 0.744. The zero-order valence-corrected chi connectivity index (χ0v) is 16.1. The van der Waals surface area contributed by atoms with Crippen LogP contribution in [0.3, 0.4) is 0 Å². The number of nitrogens with zero attached hydrogens (tertiary/aromatic N) is 5. The second-order valence-electron chi connectivity index (χ2n) is 6.15. The molecule has 0 amide bonds. The molecular weight excluding hydrogens is 364 g/mol. The molecular formula is C18H22N6O2S. The van der Waals surface area contributed by atoms with Crippen molar-refractivity contribution >= 4 is 22.8 Å². The Hall–Kier alpha value is -2.54. The van der Waals surface area contributed by atoms with Crippen molar-refractivity contribution in [3.05, 3.63) is 36.3 Å². The number of piperazine rings is 1. The monoisotopic (exact) mass is 386 g/mol. The standard InChI is InChI=1S/C18H22N6O2S/c1-3-4-15-12-23(27(26)16-5-6-17(19)20-11-16)7-8-24(15)18-21-9-14(10-22-18)13(2)25/h5-6,9-11,13,15,25H,7-8,12H2,1-2H3,(H2,19,20). The van der Waals surface area contributed by atoms with Crippen LogP contribution in [0.25, 0.3) is 0 Å². The summed E-state index contributed by atoms with van der Waals surface area (Å²) in [5.74, 6) is 7.03. The van der Waals surface area contributed by atoms with Crippen molar-refractivity contribution in [1.82, 2.24) is 19.3 Å². The van der Waals surface area contributed by atoms with Crippen LogP contribution in [-0.4, -0.2) is 54.2 Å². The molecule has 3 N–H and O–H groups in total. The van der Waals surface area contributed by atoms with Crippen molar-refractivity contribution in [3.63, 3.8) is 0 Å². The summed E-state index contributed by atoms with van der Waals surface area (Å²) in [4.78, 5) is 15.3. The quantitative estimate of drug-likeness (QED) is 0.746. The number of aromatic nitrogens is 3. The summed E-state index contributed by atoms with van der Waals surface area (Å²) in [5.41, 5.74) is 6.26. The predicted molar refractivity (Wildman–Crippen MR) is 104 cm³/mol. The lowest BCUT2D eigenvalue weighted by molar-refractivity contribution is 0.198. The van der Waals surface area contributed by atoms with Gasteiger partial charge in [-0.25, -0.2) is 23.5 Å². The van der Waals surface area contributed by atoms with E-state index >= 15 is 0 Å². The van der Waals surface area contributed by atoms with Gasteiger partial charge in [0.25, 0.3) is 0 Å². The Labute approximate surface area is 161 Å². The summed E-state index contributed by atoms with van der Waals surface area (Å²) < 4.78 is 14.7. The third kappa shape index (κ3) is 4.42. The second kappa shape index (κ2) is 8.43. The maximum atomic E-state index is 12.9. The molecule has 3 rings (SSSR count). The van der Waals surface area contributed by atoms with E-state index in [2.05, 4.69) is 26.8 Å². The van der Waals surface area contributed by atoms with Crippen LogP contribution in [-0.2, 0) is 11.0 Å². The smallest absolute Gasteiger partial charge is 0.226 e. The SMILES string of the molecule is CC#CC1CN(S(=O)c2ccc(N)nc2)CCN1c1ncc(C(C)O)cn1. The molecule has 27 heavy (non-hydrogen) atoms. The Morgan fingerprint density at radius 2 is 2.00 bits per heavy atom. The fourth-order valence-electron chi connectivity index (χ4n) is 2.78. The molecule has 3 atom stereocenters. The van der Waals surface area contributed by atoms with E-state index in [1.807, 2.05) is 9.21 Å². The van der Waals surface area contributed by atoms with E-state index in [9.17, 15) is 9.32 Å². The van der Waals surface area contributed by atoms with Crippen LogP contribution in [0.2, 0.25) is 0 Å². The van der Waals surface area contributed by atoms with Gasteiger partial charge in [0.1, 0.15) is 22.8 Å². The van der Waals surface area contributed by atoms with Gasteiger partial charge in [-0.3, -0.25) is 0 Å². The van der Waals surface area contributed by atoms with Gasteiger partial charge in [0, 0.05) is 43.8 Å². The maximum Gasteiger partial charge on any atom is 0.226 e. The lowest BCUT2D eigenvalue weighted by Crippen LogP contribution is -2.53. The fraction of sp³-hybridized carbons (Fsp3) is 0.389. The summed E-state index contributed by atoms with van der Waals surface area (Å²) in [6.07, 6.45) is 4.16. The van der Waals surface area contributed by atoms with Crippen LogP contribution in [0.15, 0.2) is 35.6 Å². The zero-order valence-electron chi connectivity index (χ0n) is 15.2. The van der Waals surface area contributed by atoms with Crippen molar-refractivity contribution in [2.24, 2.45) is 0 Å². The molecule has 2 aromatic rings. The van der Waals surface area contributed by atoms with Crippen LogP contribution in [0, 0.1) is 11.8 Å². The normalized spacial score (nSPS) is 19.8. The van der Waals surface area contributed by atoms with Crippen LogP contribution in [0.5, 0.6) is 0 Å². The van der Waals surface area contributed by atoms with Crippen LogP contribution < -0.4 is 10.6 Å². The van der Waals surface area contributed by atoms with Gasteiger partial charge in [0.15, 0.2) is 0 Å². The van der Waals surface area contributed by atoms with Crippen LogP contribution in [0.1, 0.15) is 25.5 Å². The summed E-state index contributed by atoms with van der Waals surface area (Å²) in [5, 5.41) is 9.61. The van der Waals surface area contributed by atoms with Gasteiger partial charge in [0.05, 0.1) is 11.0 Å². The number of nitrogens with two attached hydrogens (primary N) is 1. The number of rotatable bonds is 4. The second-order valence-corrected chi connectivity index (χ2v) is 7.64. The molecule has 0 aromatic carbocycles. The Bertz CT molecular complexity index is 860. The number of hydrogen-bond donors (Lipinski definition) is 2. The van der Waals surface area contributed by atoms with E-state index in [-0.39, 0.29) is 6.04 Å². The van der Waals surface area contributed by atoms with E-state index in [0.29, 0.717) is 41.9 Å². The number of anilines is 2. The van der Waals surface area contributed by atoms with E-state index in [1.54, 1.807) is 38.4 Å². The van der Waals surface area contributed by atoms with E-state index < -0.39 is 17.1 Å². The molecule has 142 valence electrons. The molecule has 8 nitrogen and oxygen atoms in total. The fourth-order valence-corrected chi connectivity index (χ4v) is 3.93. The van der Waals surface area contributed by atoms with Crippen LogP contribution >= 0.6 is 0 Å². The lowest BCUT2D eigenvalue weighted by atomic mass is 10.2. The van der Waals surface area contributed by atoms with E-state index in [1.165, 1.54) is 6.20 Å². The minimum Gasteiger partial charge on any atom is -0.389 e. The largest absolute Gasteiger partial charge is 0.389 e. The highest BCUT2D eigenvalue weighted by molar-refractivity contribution is 7.82. The maximum absolute atomic E-state index is 12.9. The third-order valence-corrected chi connectivity index (χ3v) is 5.69. The molecule has 0 spiro atoms. The summed E-state index contributed by atoms with van der Waals surface area (Å²) >= 11 is 0. The van der Waals surface area contributed by atoms with E-state index in [4.69, 9.17) is 5.73 Å². The number of nitrogen functional groups attached to an aromatic ring is 1. The van der Waals surface area contributed by atoms with Crippen molar-refractivity contribution in [2.75, 3.05) is 30.3 Å². The Morgan fingerprint density at radius 1 is 1.26 bits per heavy atom. The van der Waals surface area contributed by atoms with Gasteiger partial charge in [-0.1, -0.05) is 5.92 Å². The molecule has 3 heterocycles. The Kier molecular flexibility index (Phi) is 6.01. The molecule has 2 aromatic heterocycles. The first kappa shape index (κ1) is 19.2. The van der Waals surface area contributed by atoms with Crippen molar-refractivity contribution in [2.45, 2.75) is 30.9 Å². The summed E-state index contributed by atoms with van der Waals surface area (Å²) in [6, 6.07) is 3.18. The highest BCUT2D eigenvalue weighted by atomic mass is 32.2. The van der Waals surface area contributed by atoms with Crippen molar-refractivity contribution < 1.29 is 9.32 Å². The average Bonchev–Trinajstić information content (AvgIpc) is 2.68. The molecule has 1 aliphatic rings. The molecule has 1 fully saturated rings. The number of pyridine rings is 1. The minimum atomic E-state index is -1.34. The summed E-state index contributed by atoms with van der Waals surface area (Å²) in [7, 11) is -1.34. The third-order valence-electron chi connectivity index (χ3n) is 4.25. The first-order chi connectivity index (χ1) is 13.0.